The summed E-state index contributed by atoms with van der Waals surface area (Å²) in [6.45, 7) is 2.43. The first kappa shape index (κ1) is 7.11. The van der Waals surface area contributed by atoms with Gasteiger partial charge in [0, 0.05) is 6.20 Å². The maximum atomic E-state index is 5.10. The molecule has 0 amide bonds. The van der Waals surface area contributed by atoms with E-state index in [1.165, 1.54) is 0 Å². The molecule has 3 N–H and O–H groups in total. The minimum atomic E-state index is 0.587. The van der Waals surface area contributed by atoms with Crippen LogP contribution in [-0.4, -0.2) is 9.97 Å². The molecular weight excluding hydrogens is 128 g/mol. The second-order valence-corrected chi connectivity index (χ2v) is 1.98. The third-order valence-corrected chi connectivity index (χ3v) is 1.12. The Morgan fingerprint density at radius 3 is 3.10 bits per heavy atom. The fourth-order valence-corrected chi connectivity index (χ4v) is 0.708. The van der Waals surface area contributed by atoms with Crippen molar-refractivity contribution in [3.05, 3.63) is 23.8 Å². The zero-order valence-electron chi connectivity index (χ0n) is 5.83. The first-order valence-corrected chi connectivity index (χ1v) is 3.05. The van der Waals surface area contributed by atoms with Crippen LogP contribution in [0.3, 0.4) is 0 Å². The van der Waals surface area contributed by atoms with Gasteiger partial charge in [0.2, 0.25) is 0 Å². The van der Waals surface area contributed by atoms with Crippen molar-refractivity contribution < 1.29 is 0 Å². The highest BCUT2D eigenvalue weighted by Crippen LogP contribution is 1.91. The Labute approximate surface area is 59.5 Å². The maximum Gasteiger partial charge on any atom is 0.125 e. The lowest BCUT2D eigenvalue weighted by atomic mass is 10.4. The molecule has 0 aliphatic carbocycles. The molecule has 4 nitrogen and oxygen atoms in total. The van der Waals surface area contributed by atoms with E-state index in [2.05, 4.69) is 15.4 Å². The smallest absolute Gasteiger partial charge is 0.125 e. The van der Waals surface area contributed by atoms with Crippen LogP contribution in [0.5, 0.6) is 0 Å². The Hall–Kier alpha value is -1.00. The van der Waals surface area contributed by atoms with Crippen LogP contribution in [0.25, 0.3) is 0 Å². The Bertz CT molecular complexity index is 211. The third kappa shape index (κ3) is 1.75. The molecule has 0 aliphatic heterocycles. The van der Waals surface area contributed by atoms with E-state index >= 15 is 0 Å². The van der Waals surface area contributed by atoms with Gasteiger partial charge in [-0.3, -0.25) is 11.3 Å². The average Bonchev–Trinajstić information content (AvgIpc) is 1.88. The minimum absolute atomic E-state index is 0.587. The van der Waals surface area contributed by atoms with Crippen molar-refractivity contribution >= 4 is 0 Å². The number of nitrogens with zero attached hydrogens (tertiary/aromatic N) is 2. The molecule has 54 valence electrons. The summed E-state index contributed by atoms with van der Waals surface area (Å²) in [4.78, 5) is 8.05. The molecule has 0 fully saturated rings. The molecule has 10 heavy (non-hydrogen) atoms. The molecule has 0 aliphatic rings. The standard InChI is InChI=1S/C6H10N4/c1-5-8-3-2-6(10-5)4-9-7/h2-3,9H,4,7H2,1H3. The zero-order chi connectivity index (χ0) is 7.40. The highest BCUT2D eigenvalue weighted by molar-refractivity contribution is 5.00. The van der Waals surface area contributed by atoms with E-state index in [9.17, 15) is 0 Å². The second-order valence-electron chi connectivity index (χ2n) is 1.98. The SMILES string of the molecule is Cc1nccc(CNN)n1. The van der Waals surface area contributed by atoms with Crippen LogP contribution in [0.2, 0.25) is 0 Å². The molecule has 0 bridgehead atoms. The van der Waals surface area contributed by atoms with Crippen molar-refractivity contribution in [2.75, 3.05) is 0 Å². The molecule has 1 heterocycles. The summed E-state index contributed by atoms with van der Waals surface area (Å²) in [5.41, 5.74) is 3.43. The van der Waals surface area contributed by atoms with Crippen LogP contribution < -0.4 is 11.3 Å². The number of hydrogen-bond acceptors (Lipinski definition) is 4. The average molecular weight is 138 g/mol. The van der Waals surface area contributed by atoms with Crippen molar-refractivity contribution in [1.82, 2.24) is 15.4 Å². The van der Waals surface area contributed by atoms with E-state index < -0.39 is 0 Å². The van der Waals surface area contributed by atoms with Crippen LogP contribution in [0, 0.1) is 6.92 Å². The summed E-state index contributed by atoms with van der Waals surface area (Å²) in [7, 11) is 0. The zero-order valence-corrected chi connectivity index (χ0v) is 5.83. The summed E-state index contributed by atoms with van der Waals surface area (Å²) in [5, 5.41) is 0. The monoisotopic (exact) mass is 138 g/mol. The third-order valence-electron chi connectivity index (χ3n) is 1.12. The van der Waals surface area contributed by atoms with Gasteiger partial charge in [0.15, 0.2) is 0 Å². The second kappa shape index (κ2) is 3.24. The van der Waals surface area contributed by atoms with Crippen molar-refractivity contribution in [2.45, 2.75) is 13.5 Å². The van der Waals surface area contributed by atoms with Crippen molar-refractivity contribution in [3.63, 3.8) is 0 Å². The molecule has 0 spiro atoms. The van der Waals surface area contributed by atoms with Gasteiger partial charge >= 0.3 is 0 Å². The number of hydrazine groups is 1. The molecule has 1 rings (SSSR count). The van der Waals surface area contributed by atoms with Gasteiger partial charge in [-0.25, -0.2) is 9.97 Å². The number of aryl methyl sites for hydroxylation is 1. The Morgan fingerprint density at radius 2 is 2.50 bits per heavy atom. The van der Waals surface area contributed by atoms with Crippen LogP contribution >= 0.6 is 0 Å². The Morgan fingerprint density at radius 1 is 1.70 bits per heavy atom. The fourth-order valence-electron chi connectivity index (χ4n) is 0.708. The van der Waals surface area contributed by atoms with Crippen molar-refractivity contribution in [1.29, 1.82) is 0 Å². The van der Waals surface area contributed by atoms with Gasteiger partial charge in [-0.1, -0.05) is 0 Å². The lowest BCUT2D eigenvalue weighted by Gasteiger charge is -1.97. The lowest BCUT2D eigenvalue weighted by Crippen LogP contribution is -2.21. The summed E-state index contributed by atoms with van der Waals surface area (Å²) in [6.07, 6.45) is 1.72. The number of aromatic nitrogens is 2. The molecule has 0 saturated heterocycles. The predicted octanol–water partition coefficient (Wildman–Crippen LogP) is -0.252. The van der Waals surface area contributed by atoms with Gasteiger partial charge in [0.25, 0.3) is 0 Å². The molecule has 0 atom stereocenters. The van der Waals surface area contributed by atoms with Crippen LogP contribution in [-0.2, 0) is 6.54 Å². The van der Waals surface area contributed by atoms with Crippen molar-refractivity contribution in [2.24, 2.45) is 5.84 Å². The van der Waals surface area contributed by atoms with Crippen LogP contribution in [0.4, 0.5) is 0 Å². The molecule has 1 aromatic heterocycles. The summed E-state index contributed by atoms with van der Waals surface area (Å²) in [6, 6.07) is 1.83. The normalized spacial score (nSPS) is 9.80. The highest BCUT2D eigenvalue weighted by Gasteiger charge is 1.91. The fraction of sp³-hybridized carbons (Fsp3) is 0.333. The number of hydrogen-bond donors (Lipinski definition) is 2. The van der Waals surface area contributed by atoms with E-state index in [4.69, 9.17) is 5.84 Å². The molecule has 0 unspecified atom stereocenters. The molecular formula is C6H10N4. The highest BCUT2D eigenvalue weighted by atomic mass is 15.2. The molecule has 0 aromatic carbocycles. The van der Waals surface area contributed by atoms with Crippen LogP contribution in [0.15, 0.2) is 12.3 Å². The molecule has 0 saturated carbocycles. The van der Waals surface area contributed by atoms with Crippen LogP contribution in [0.1, 0.15) is 11.5 Å². The lowest BCUT2D eigenvalue weighted by molar-refractivity contribution is 0.716. The topological polar surface area (TPSA) is 63.8 Å². The van der Waals surface area contributed by atoms with Gasteiger partial charge in [0.05, 0.1) is 12.2 Å². The van der Waals surface area contributed by atoms with Gasteiger partial charge < -0.3 is 0 Å². The van der Waals surface area contributed by atoms with Crippen molar-refractivity contribution in [3.8, 4) is 0 Å². The first-order chi connectivity index (χ1) is 4.83. The number of nitrogens with one attached hydrogen (secondary N) is 1. The Kier molecular flexibility index (Phi) is 2.30. The molecule has 4 heteroatoms. The van der Waals surface area contributed by atoms with Gasteiger partial charge in [-0.15, -0.1) is 0 Å². The van der Waals surface area contributed by atoms with E-state index in [0.29, 0.717) is 6.54 Å². The molecule has 1 aromatic rings. The molecule has 0 radical (unpaired) electrons. The van der Waals surface area contributed by atoms with E-state index in [0.717, 1.165) is 11.5 Å². The maximum absolute atomic E-state index is 5.10. The quantitative estimate of drug-likeness (QED) is 0.437. The summed E-state index contributed by atoms with van der Waals surface area (Å²) >= 11 is 0. The Balaban J connectivity index is 2.75. The van der Waals surface area contributed by atoms with Gasteiger partial charge in [-0.05, 0) is 13.0 Å². The van der Waals surface area contributed by atoms with E-state index in [-0.39, 0.29) is 0 Å². The number of nitrogens with two attached hydrogens (primary N) is 1. The number of rotatable bonds is 2. The van der Waals surface area contributed by atoms with E-state index in [1.54, 1.807) is 6.20 Å². The largest absolute Gasteiger partial charge is 0.271 e. The van der Waals surface area contributed by atoms with Gasteiger partial charge in [0.1, 0.15) is 5.82 Å². The first-order valence-electron chi connectivity index (χ1n) is 3.05. The minimum Gasteiger partial charge on any atom is -0.271 e. The summed E-state index contributed by atoms with van der Waals surface area (Å²) < 4.78 is 0. The van der Waals surface area contributed by atoms with Gasteiger partial charge in [-0.2, -0.15) is 0 Å². The van der Waals surface area contributed by atoms with E-state index in [1.807, 2.05) is 13.0 Å². The predicted molar refractivity (Wildman–Crippen MR) is 37.8 cm³/mol. The summed E-state index contributed by atoms with van der Waals surface area (Å²) in [5.74, 6) is 5.87.